The first-order valence-electron chi connectivity index (χ1n) is 11.2. The zero-order chi connectivity index (χ0) is 22.3. The highest BCUT2D eigenvalue weighted by Crippen LogP contribution is 2.49. The molecule has 162 valence electrons. The van der Waals surface area contributed by atoms with Crippen LogP contribution in [0.5, 0.6) is 0 Å². The van der Waals surface area contributed by atoms with Crippen molar-refractivity contribution in [3.8, 4) is 5.69 Å². The highest BCUT2D eigenvalue weighted by Gasteiger charge is 2.49. The molecule has 0 spiro atoms. The molecule has 5 rings (SSSR count). The molecule has 0 saturated carbocycles. The third-order valence-corrected chi connectivity index (χ3v) is 6.41. The van der Waals surface area contributed by atoms with Crippen LogP contribution in [-0.4, -0.2) is 20.3 Å². The summed E-state index contributed by atoms with van der Waals surface area (Å²) in [5.74, 6) is 0.683. The van der Waals surface area contributed by atoms with Gasteiger partial charge in [0, 0.05) is 23.1 Å². The molecule has 2 aliphatic rings. The van der Waals surface area contributed by atoms with Gasteiger partial charge >= 0.3 is 0 Å². The Hall–Kier alpha value is -3.47. The summed E-state index contributed by atoms with van der Waals surface area (Å²) in [5.41, 5.74) is 6.20. The lowest BCUT2D eigenvalue weighted by molar-refractivity contribution is 0.127. The number of aliphatic imine (C=N–C) groups is 1. The molecule has 4 nitrogen and oxygen atoms in total. The van der Waals surface area contributed by atoms with E-state index in [9.17, 15) is 4.39 Å². The van der Waals surface area contributed by atoms with Gasteiger partial charge in [-0.05, 0) is 74.1 Å². The molecule has 1 atom stereocenters. The first-order valence-corrected chi connectivity index (χ1v) is 11.2. The van der Waals surface area contributed by atoms with Crippen LogP contribution in [0.1, 0.15) is 48.6 Å². The maximum atomic E-state index is 13.5. The fourth-order valence-electron chi connectivity index (χ4n) is 4.81. The third kappa shape index (κ3) is 3.38. The van der Waals surface area contributed by atoms with Crippen LogP contribution >= 0.6 is 0 Å². The molecule has 1 fully saturated rings. The van der Waals surface area contributed by atoms with E-state index >= 15 is 0 Å². The second kappa shape index (κ2) is 7.90. The summed E-state index contributed by atoms with van der Waals surface area (Å²) in [6.07, 6.45) is 11.9. The van der Waals surface area contributed by atoms with Crippen LogP contribution in [-0.2, 0) is 12.1 Å². The van der Waals surface area contributed by atoms with Crippen molar-refractivity contribution in [1.29, 1.82) is 0 Å². The molecule has 3 aromatic rings. The molecule has 1 saturated heterocycles. The van der Waals surface area contributed by atoms with Gasteiger partial charge in [-0.15, -0.1) is 0 Å². The van der Waals surface area contributed by atoms with E-state index in [1.54, 1.807) is 0 Å². The van der Waals surface area contributed by atoms with Gasteiger partial charge in [0.2, 0.25) is 0 Å². The molecule has 2 aliphatic heterocycles. The van der Waals surface area contributed by atoms with Gasteiger partial charge < -0.3 is 9.47 Å². The van der Waals surface area contributed by atoms with Gasteiger partial charge in [0.25, 0.3) is 0 Å². The summed E-state index contributed by atoms with van der Waals surface area (Å²) in [5, 5.41) is 0. The van der Waals surface area contributed by atoms with Gasteiger partial charge in [-0.25, -0.2) is 14.4 Å². The van der Waals surface area contributed by atoms with E-state index in [-0.39, 0.29) is 5.82 Å². The number of allylic oxidation sites excluding steroid dienone is 1. The van der Waals surface area contributed by atoms with Gasteiger partial charge in [0.15, 0.2) is 5.66 Å². The number of nitrogens with zero attached hydrogens (tertiary/aromatic N) is 4. The van der Waals surface area contributed by atoms with Crippen LogP contribution in [0, 0.1) is 12.7 Å². The van der Waals surface area contributed by atoms with Gasteiger partial charge in [-0.1, -0.05) is 37.8 Å². The number of fused-ring (bicyclic) bond motifs is 1. The minimum atomic E-state index is -0.444. The molecule has 32 heavy (non-hydrogen) atoms. The summed E-state index contributed by atoms with van der Waals surface area (Å²) in [7, 11) is 0. The number of imidazole rings is 1. The van der Waals surface area contributed by atoms with E-state index in [2.05, 4.69) is 58.3 Å². The van der Waals surface area contributed by atoms with E-state index in [4.69, 9.17) is 4.99 Å². The van der Waals surface area contributed by atoms with Crippen molar-refractivity contribution in [3.63, 3.8) is 0 Å². The van der Waals surface area contributed by atoms with Crippen LogP contribution in [0.25, 0.3) is 11.8 Å². The lowest BCUT2D eigenvalue weighted by Crippen LogP contribution is -2.57. The second-order valence-electron chi connectivity index (χ2n) is 8.55. The maximum Gasteiger partial charge on any atom is 0.165 e. The molecule has 3 heterocycles. The Morgan fingerprint density at radius 1 is 1.16 bits per heavy atom. The van der Waals surface area contributed by atoms with Crippen molar-refractivity contribution in [1.82, 2.24) is 14.5 Å². The summed E-state index contributed by atoms with van der Waals surface area (Å²) >= 11 is 0. The number of piperidine rings is 1. The van der Waals surface area contributed by atoms with E-state index in [0.29, 0.717) is 0 Å². The first kappa shape index (κ1) is 20.4. The van der Waals surface area contributed by atoms with Crippen molar-refractivity contribution >= 4 is 11.9 Å². The zero-order valence-corrected chi connectivity index (χ0v) is 18.6. The fraction of sp³-hybridized carbons (Fsp3) is 0.259. The Bertz CT molecular complexity index is 1230. The molecule has 0 N–H and O–H groups in total. The largest absolute Gasteiger partial charge is 0.306 e. The van der Waals surface area contributed by atoms with Crippen LogP contribution in [0.4, 0.5) is 4.39 Å². The normalized spacial score (nSPS) is 20.3. The summed E-state index contributed by atoms with van der Waals surface area (Å²) in [6.45, 7) is 8.46. The number of hydrogen-bond acceptors (Lipinski definition) is 3. The van der Waals surface area contributed by atoms with Crippen molar-refractivity contribution < 1.29 is 4.39 Å². The molecular formula is C27H27FN4. The van der Waals surface area contributed by atoms with Gasteiger partial charge in [-0.3, -0.25) is 0 Å². The van der Waals surface area contributed by atoms with E-state index in [1.165, 1.54) is 17.7 Å². The molecule has 1 aromatic heterocycles. The van der Waals surface area contributed by atoms with Crippen molar-refractivity contribution in [2.45, 2.75) is 45.2 Å². The molecule has 0 radical (unpaired) electrons. The fourth-order valence-corrected chi connectivity index (χ4v) is 4.81. The minimum absolute atomic E-state index is 0.226. The highest BCUT2D eigenvalue weighted by molar-refractivity contribution is 6.02. The molecule has 1 unspecified atom stereocenters. The van der Waals surface area contributed by atoms with E-state index < -0.39 is 5.66 Å². The quantitative estimate of drug-likeness (QED) is 0.489. The summed E-state index contributed by atoms with van der Waals surface area (Å²) in [4.78, 5) is 11.6. The lowest BCUT2D eigenvalue weighted by Gasteiger charge is -2.53. The number of hydrogen-bond donors (Lipinski definition) is 0. The van der Waals surface area contributed by atoms with Gasteiger partial charge in [-0.2, -0.15) is 0 Å². The molecule has 0 amide bonds. The minimum Gasteiger partial charge on any atom is -0.306 e. The number of rotatable bonds is 5. The highest BCUT2D eigenvalue weighted by atomic mass is 19.1. The molecule has 0 bridgehead atoms. The number of benzene rings is 2. The standard InChI is InChI=1S/C27H27FN4/c1-4-22-16-21(7-13-25(22)31-17-19(2)29-18-31)8-14-26-30-27(15-5-6-20(3)32(26)27)23-9-11-24(28)12-10-23/h7-14,16-18H,3-6,15H2,1-2H3/b14-8+. The number of amidine groups is 1. The predicted molar refractivity (Wildman–Crippen MR) is 127 cm³/mol. The number of halogens is 1. The van der Waals surface area contributed by atoms with Gasteiger partial charge in [0.1, 0.15) is 11.7 Å². The molecule has 5 heteroatoms. The molecule has 2 aromatic carbocycles. The first-order chi connectivity index (χ1) is 15.5. The van der Waals surface area contributed by atoms with Crippen molar-refractivity contribution in [2.24, 2.45) is 4.99 Å². The second-order valence-corrected chi connectivity index (χ2v) is 8.55. The van der Waals surface area contributed by atoms with Crippen LogP contribution in [0.2, 0.25) is 0 Å². The Balaban J connectivity index is 1.44. The number of aryl methyl sites for hydroxylation is 2. The monoisotopic (exact) mass is 426 g/mol. The van der Waals surface area contributed by atoms with Crippen molar-refractivity contribution in [3.05, 3.63) is 102 Å². The smallest absolute Gasteiger partial charge is 0.165 e. The summed E-state index contributed by atoms with van der Waals surface area (Å²) in [6, 6.07) is 13.2. The Labute approximate surface area is 188 Å². The van der Waals surface area contributed by atoms with Crippen LogP contribution < -0.4 is 0 Å². The third-order valence-electron chi connectivity index (χ3n) is 6.41. The predicted octanol–water partition coefficient (Wildman–Crippen LogP) is 6.16. The summed E-state index contributed by atoms with van der Waals surface area (Å²) < 4.78 is 15.5. The van der Waals surface area contributed by atoms with E-state index in [1.807, 2.05) is 31.6 Å². The Morgan fingerprint density at radius 3 is 2.69 bits per heavy atom. The zero-order valence-electron chi connectivity index (χ0n) is 18.6. The lowest BCUT2D eigenvalue weighted by atomic mass is 9.84. The van der Waals surface area contributed by atoms with E-state index in [0.717, 1.165) is 59.7 Å². The molecular weight excluding hydrogens is 399 g/mol. The Kier molecular flexibility index (Phi) is 5.04. The van der Waals surface area contributed by atoms with Gasteiger partial charge in [0.05, 0.1) is 12.0 Å². The SMILES string of the molecule is C=C1CCCC2(c3ccc(F)cc3)N=C(/C=C/c3ccc(-n4cnc(C)c4)c(CC)c3)N12. The average Bonchev–Trinajstić information content (AvgIpc) is 3.21. The molecule has 0 aliphatic carbocycles. The maximum absolute atomic E-state index is 13.5. The number of aromatic nitrogens is 2. The van der Waals surface area contributed by atoms with Crippen LogP contribution in [0.3, 0.4) is 0 Å². The topological polar surface area (TPSA) is 33.4 Å². The van der Waals surface area contributed by atoms with Crippen LogP contribution in [0.15, 0.2) is 78.3 Å². The average molecular weight is 427 g/mol. The van der Waals surface area contributed by atoms with Crippen molar-refractivity contribution in [2.75, 3.05) is 0 Å². The Morgan fingerprint density at radius 2 is 1.97 bits per heavy atom.